The summed E-state index contributed by atoms with van der Waals surface area (Å²) in [5.41, 5.74) is 1.05. The topological polar surface area (TPSA) is 29.5 Å². The van der Waals surface area contributed by atoms with Crippen molar-refractivity contribution in [2.75, 3.05) is 0 Å². The van der Waals surface area contributed by atoms with E-state index in [1.54, 1.807) is 0 Å². The van der Waals surface area contributed by atoms with E-state index in [4.69, 9.17) is 4.74 Å². The molecule has 0 saturated carbocycles. The number of para-hydroxylation sites is 1. The Labute approximate surface area is 72.8 Å². The number of aliphatic hydroxyl groups excluding tert-OH is 1. The largest absolute Gasteiger partial charge is 0.465 e. The van der Waals surface area contributed by atoms with Crippen LogP contribution in [0.3, 0.4) is 0 Å². The predicted octanol–water partition coefficient (Wildman–Crippen LogP) is 2.10. The van der Waals surface area contributed by atoms with E-state index < -0.39 is 6.29 Å². The van der Waals surface area contributed by atoms with Gasteiger partial charge in [0.05, 0.1) is 0 Å². The summed E-state index contributed by atoms with van der Waals surface area (Å²) in [5.74, 6) is 0.756. The highest BCUT2D eigenvalue weighted by atomic mass is 16.6. The first kappa shape index (κ1) is 9.07. The minimum atomic E-state index is -0.689. The van der Waals surface area contributed by atoms with Crippen LogP contribution in [0.1, 0.15) is 18.9 Å². The fraction of sp³-hybridized carbons (Fsp3) is 0.400. The van der Waals surface area contributed by atoms with Crippen LogP contribution in [0, 0.1) is 6.92 Å². The van der Waals surface area contributed by atoms with E-state index >= 15 is 0 Å². The molecule has 2 heteroatoms. The Morgan fingerprint density at radius 2 is 2.08 bits per heavy atom. The van der Waals surface area contributed by atoms with Crippen LogP contribution < -0.4 is 4.74 Å². The summed E-state index contributed by atoms with van der Waals surface area (Å²) < 4.78 is 5.25. The molecule has 0 aliphatic rings. The van der Waals surface area contributed by atoms with E-state index in [-0.39, 0.29) is 0 Å². The van der Waals surface area contributed by atoms with Gasteiger partial charge in [-0.05, 0) is 18.6 Å². The number of aliphatic hydroxyl groups is 1. The fourth-order valence-corrected chi connectivity index (χ4v) is 0.919. The van der Waals surface area contributed by atoms with Crippen LogP contribution in [-0.2, 0) is 0 Å². The fourth-order valence-electron chi connectivity index (χ4n) is 0.919. The Kier molecular flexibility index (Phi) is 3.11. The lowest BCUT2D eigenvalue weighted by Crippen LogP contribution is -2.14. The van der Waals surface area contributed by atoms with E-state index in [0.717, 1.165) is 11.3 Å². The Morgan fingerprint density at radius 1 is 1.42 bits per heavy atom. The van der Waals surface area contributed by atoms with Gasteiger partial charge in [-0.25, -0.2) is 0 Å². The third kappa shape index (κ3) is 2.24. The average molecular weight is 166 g/mol. The van der Waals surface area contributed by atoms with Crippen molar-refractivity contribution in [3.05, 3.63) is 29.8 Å². The van der Waals surface area contributed by atoms with Crippen molar-refractivity contribution in [1.82, 2.24) is 0 Å². The van der Waals surface area contributed by atoms with Crippen LogP contribution in [0.25, 0.3) is 0 Å². The first-order chi connectivity index (χ1) is 5.74. The van der Waals surface area contributed by atoms with E-state index in [0.29, 0.717) is 6.42 Å². The summed E-state index contributed by atoms with van der Waals surface area (Å²) in [5, 5.41) is 9.21. The van der Waals surface area contributed by atoms with Gasteiger partial charge in [0.2, 0.25) is 0 Å². The van der Waals surface area contributed by atoms with Crippen molar-refractivity contribution in [3.63, 3.8) is 0 Å². The Hall–Kier alpha value is -1.02. The molecule has 0 bridgehead atoms. The smallest absolute Gasteiger partial charge is 0.197 e. The predicted molar refractivity (Wildman–Crippen MR) is 48.1 cm³/mol. The molecule has 0 aliphatic carbocycles. The monoisotopic (exact) mass is 166 g/mol. The second kappa shape index (κ2) is 4.12. The van der Waals surface area contributed by atoms with Crippen molar-refractivity contribution in [2.24, 2.45) is 0 Å². The molecule has 1 aromatic carbocycles. The molecule has 0 aromatic heterocycles. The van der Waals surface area contributed by atoms with Crippen molar-refractivity contribution < 1.29 is 9.84 Å². The van der Waals surface area contributed by atoms with E-state index in [1.165, 1.54) is 0 Å². The van der Waals surface area contributed by atoms with Crippen LogP contribution in [0.4, 0.5) is 0 Å². The molecule has 1 unspecified atom stereocenters. The van der Waals surface area contributed by atoms with Gasteiger partial charge in [-0.3, -0.25) is 0 Å². The van der Waals surface area contributed by atoms with Gasteiger partial charge in [-0.2, -0.15) is 0 Å². The minimum Gasteiger partial charge on any atom is -0.465 e. The standard InChI is InChI=1S/C10H14O2/c1-3-10(11)12-9-7-5-4-6-8(9)2/h4-7,10-11H,3H2,1-2H3. The first-order valence-corrected chi connectivity index (χ1v) is 4.14. The van der Waals surface area contributed by atoms with Gasteiger partial charge in [0.1, 0.15) is 5.75 Å². The normalized spacial score (nSPS) is 12.6. The van der Waals surface area contributed by atoms with Gasteiger partial charge in [-0.15, -0.1) is 0 Å². The van der Waals surface area contributed by atoms with Crippen molar-refractivity contribution in [1.29, 1.82) is 0 Å². The number of aryl methyl sites for hydroxylation is 1. The van der Waals surface area contributed by atoms with Crippen LogP contribution in [0.5, 0.6) is 5.75 Å². The number of benzene rings is 1. The SMILES string of the molecule is CCC(O)Oc1ccccc1C. The zero-order valence-electron chi connectivity index (χ0n) is 7.45. The number of hydrogen-bond acceptors (Lipinski definition) is 2. The Bertz CT molecular complexity index is 245. The molecule has 0 radical (unpaired) electrons. The zero-order chi connectivity index (χ0) is 8.97. The molecule has 2 nitrogen and oxygen atoms in total. The van der Waals surface area contributed by atoms with Crippen LogP contribution >= 0.6 is 0 Å². The van der Waals surface area contributed by atoms with Gasteiger partial charge in [0.15, 0.2) is 6.29 Å². The summed E-state index contributed by atoms with van der Waals surface area (Å²) in [7, 11) is 0. The molecule has 0 amide bonds. The van der Waals surface area contributed by atoms with Gasteiger partial charge < -0.3 is 9.84 Å². The summed E-state index contributed by atoms with van der Waals surface area (Å²) in [6.07, 6.45) is -0.0833. The Balaban J connectivity index is 2.69. The molecule has 1 aromatic rings. The number of rotatable bonds is 3. The van der Waals surface area contributed by atoms with Crippen molar-refractivity contribution >= 4 is 0 Å². The van der Waals surface area contributed by atoms with Crippen molar-refractivity contribution in [3.8, 4) is 5.75 Å². The lowest BCUT2D eigenvalue weighted by Gasteiger charge is -2.12. The molecule has 0 aliphatic heterocycles. The molecule has 12 heavy (non-hydrogen) atoms. The zero-order valence-corrected chi connectivity index (χ0v) is 7.45. The van der Waals surface area contributed by atoms with Gasteiger partial charge in [-0.1, -0.05) is 25.1 Å². The first-order valence-electron chi connectivity index (χ1n) is 4.14. The molecule has 0 spiro atoms. The summed E-state index contributed by atoms with van der Waals surface area (Å²) in [6, 6.07) is 7.65. The maximum absolute atomic E-state index is 9.21. The second-order valence-corrected chi connectivity index (χ2v) is 2.75. The maximum Gasteiger partial charge on any atom is 0.197 e. The van der Waals surface area contributed by atoms with Crippen LogP contribution in [0.2, 0.25) is 0 Å². The van der Waals surface area contributed by atoms with E-state index in [9.17, 15) is 5.11 Å². The molecule has 1 N–H and O–H groups in total. The van der Waals surface area contributed by atoms with E-state index in [2.05, 4.69) is 0 Å². The van der Waals surface area contributed by atoms with Crippen LogP contribution in [-0.4, -0.2) is 11.4 Å². The molecule has 1 atom stereocenters. The van der Waals surface area contributed by atoms with E-state index in [1.807, 2.05) is 38.1 Å². The van der Waals surface area contributed by atoms with Crippen LogP contribution in [0.15, 0.2) is 24.3 Å². The summed E-state index contributed by atoms with van der Waals surface area (Å²) in [4.78, 5) is 0. The molecular weight excluding hydrogens is 152 g/mol. The second-order valence-electron chi connectivity index (χ2n) is 2.75. The quantitative estimate of drug-likeness (QED) is 0.697. The molecule has 0 saturated heterocycles. The third-order valence-electron chi connectivity index (χ3n) is 1.71. The highest BCUT2D eigenvalue weighted by molar-refractivity contribution is 5.31. The maximum atomic E-state index is 9.21. The molecule has 0 fully saturated rings. The third-order valence-corrected chi connectivity index (χ3v) is 1.71. The molecule has 66 valence electrons. The lowest BCUT2D eigenvalue weighted by atomic mass is 10.2. The lowest BCUT2D eigenvalue weighted by molar-refractivity contribution is -0.0196. The summed E-state index contributed by atoms with van der Waals surface area (Å²) >= 11 is 0. The van der Waals surface area contributed by atoms with Gasteiger partial charge >= 0.3 is 0 Å². The number of ether oxygens (including phenoxy) is 1. The Morgan fingerprint density at radius 3 is 2.67 bits per heavy atom. The average Bonchev–Trinajstić information content (AvgIpc) is 2.09. The van der Waals surface area contributed by atoms with Gasteiger partial charge in [0.25, 0.3) is 0 Å². The summed E-state index contributed by atoms with van der Waals surface area (Å²) in [6.45, 7) is 3.83. The molecule has 1 rings (SSSR count). The number of hydrogen-bond donors (Lipinski definition) is 1. The highest BCUT2D eigenvalue weighted by Gasteiger charge is 2.03. The minimum absolute atomic E-state index is 0.605. The van der Waals surface area contributed by atoms with Crippen molar-refractivity contribution in [2.45, 2.75) is 26.6 Å². The molecular formula is C10H14O2. The molecule has 0 heterocycles. The van der Waals surface area contributed by atoms with Gasteiger partial charge in [0, 0.05) is 6.42 Å². The highest BCUT2D eigenvalue weighted by Crippen LogP contribution is 2.17.